The summed E-state index contributed by atoms with van der Waals surface area (Å²) in [5, 5.41) is 14.9. The second kappa shape index (κ2) is 10.8. The van der Waals surface area contributed by atoms with Crippen LogP contribution < -0.4 is 10.6 Å². The van der Waals surface area contributed by atoms with Crippen molar-refractivity contribution in [2.24, 2.45) is 0 Å². The van der Waals surface area contributed by atoms with E-state index >= 15 is 0 Å². The molecule has 2 N–H and O–H groups in total. The number of carbonyl (C=O) groups excluding carboxylic acids is 2. The van der Waals surface area contributed by atoms with Crippen molar-refractivity contribution in [2.45, 2.75) is 24.9 Å². The van der Waals surface area contributed by atoms with Crippen LogP contribution in [0.1, 0.15) is 18.4 Å². The van der Waals surface area contributed by atoms with E-state index in [-0.39, 0.29) is 17.6 Å². The van der Waals surface area contributed by atoms with Gasteiger partial charge in [0.1, 0.15) is 6.33 Å². The van der Waals surface area contributed by atoms with Crippen LogP contribution in [0.5, 0.6) is 0 Å². The second-order valence-electron chi connectivity index (χ2n) is 6.62. The van der Waals surface area contributed by atoms with Crippen LogP contribution >= 0.6 is 23.4 Å². The van der Waals surface area contributed by atoms with Crippen LogP contribution in [-0.4, -0.2) is 38.9 Å². The number of benzene rings is 2. The van der Waals surface area contributed by atoms with Gasteiger partial charge in [-0.25, -0.2) is 0 Å². The average Bonchev–Trinajstić information content (AvgIpc) is 3.20. The molecule has 0 bridgehead atoms. The normalized spacial score (nSPS) is 10.6. The van der Waals surface area contributed by atoms with Gasteiger partial charge in [0, 0.05) is 29.4 Å². The van der Waals surface area contributed by atoms with Crippen molar-refractivity contribution in [3.05, 3.63) is 65.4 Å². The maximum Gasteiger partial charge on any atom is 0.230 e. The molecule has 0 saturated carbocycles. The van der Waals surface area contributed by atoms with Gasteiger partial charge in [-0.3, -0.25) is 14.2 Å². The molecule has 30 heavy (non-hydrogen) atoms. The van der Waals surface area contributed by atoms with Crippen LogP contribution in [0.25, 0.3) is 5.69 Å². The maximum atomic E-state index is 12.1. The zero-order chi connectivity index (χ0) is 21.3. The van der Waals surface area contributed by atoms with Crippen molar-refractivity contribution in [1.82, 2.24) is 20.1 Å². The lowest BCUT2D eigenvalue weighted by atomic mass is 10.2. The minimum atomic E-state index is -0.114. The molecule has 0 atom stereocenters. The third kappa shape index (κ3) is 6.60. The quantitative estimate of drug-likeness (QED) is 0.387. The zero-order valence-corrected chi connectivity index (χ0v) is 18.0. The first-order valence-corrected chi connectivity index (χ1v) is 10.8. The summed E-state index contributed by atoms with van der Waals surface area (Å²) in [6.07, 6.45) is 2.50. The van der Waals surface area contributed by atoms with Gasteiger partial charge in [0.05, 0.1) is 5.75 Å². The lowest BCUT2D eigenvalue weighted by Gasteiger charge is -2.08. The molecule has 0 fully saturated rings. The smallest absolute Gasteiger partial charge is 0.230 e. The summed E-state index contributed by atoms with van der Waals surface area (Å²) in [7, 11) is 0. The highest BCUT2D eigenvalue weighted by atomic mass is 35.5. The first-order valence-electron chi connectivity index (χ1n) is 9.43. The molecular weight excluding hydrogens is 422 g/mol. The first kappa shape index (κ1) is 21.9. The first-order chi connectivity index (χ1) is 14.5. The number of thioether (sulfide) groups is 1. The molecule has 0 aliphatic rings. The lowest BCUT2D eigenvalue weighted by Crippen LogP contribution is -2.27. The summed E-state index contributed by atoms with van der Waals surface area (Å²) in [5.41, 5.74) is 2.81. The molecule has 0 aliphatic carbocycles. The van der Waals surface area contributed by atoms with Crippen molar-refractivity contribution >= 4 is 40.9 Å². The van der Waals surface area contributed by atoms with Crippen LogP contribution in [-0.2, 0) is 9.59 Å². The van der Waals surface area contributed by atoms with Crippen molar-refractivity contribution in [1.29, 1.82) is 0 Å². The van der Waals surface area contributed by atoms with Crippen LogP contribution in [0.3, 0.4) is 0 Å². The van der Waals surface area contributed by atoms with E-state index in [4.69, 9.17) is 11.6 Å². The molecular formula is C21H22ClN5O2S. The number of halogens is 1. The van der Waals surface area contributed by atoms with Crippen molar-refractivity contribution < 1.29 is 9.59 Å². The fraction of sp³-hybridized carbons (Fsp3) is 0.238. The molecule has 156 valence electrons. The highest BCUT2D eigenvalue weighted by Crippen LogP contribution is 2.19. The van der Waals surface area contributed by atoms with E-state index in [2.05, 4.69) is 20.8 Å². The zero-order valence-electron chi connectivity index (χ0n) is 16.5. The molecule has 2 aromatic carbocycles. The predicted molar refractivity (Wildman–Crippen MR) is 119 cm³/mol. The number of hydrogen-bond donors (Lipinski definition) is 2. The molecule has 3 rings (SSSR count). The van der Waals surface area contributed by atoms with Crippen molar-refractivity contribution in [3.8, 4) is 5.69 Å². The summed E-state index contributed by atoms with van der Waals surface area (Å²) in [4.78, 5) is 24.0. The summed E-state index contributed by atoms with van der Waals surface area (Å²) < 4.78 is 1.85. The standard InChI is InChI=1S/C21H22ClN5O2S/c1-15-4-10-18(11-5-15)27-14-24-26-21(27)30-13-20(29)23-12-2-3-19(28)25-17-8-6-16(22)7-9-17/h4-11,14H,2-3,12-13H2,1H3,(H,23,29)(H,25,28). The van der Waals surface area contributed by atoms with Crippen LogP contribution in [0.4, 0.5) is 5.69 Å². The van der Waals surface area contributed by atoms with E-state index in [1.807, 2.05) is 35.8 Å². The molecule has 0 aliphatic heterocycles. The molecule has 1 heterocycles. The highest BCUT2D eigenvalue weighted by molar-refractivity contribution is 7.99. The highest BCUT2D eigenvalue weighted by Gasteiger charge is 2.10. The van der Waals surface area contributed by atoms with Gasteiger partial charge in [-0.2, -0.15) is 0 Å². The number of aromatic nitrogens is 3. The number of anilines is 1. The number of amides is 2. The molecule has 0 radical (unpaired) electrons. The third-order valence-electron chi connectivity index (χ3n) is 4.19. The van der Waals surface area contributed by atoms with E-state index in [1.54, 1.807) is 30.6 Å². The number of nitrogens with one attached hydrogen (secondary N) is 2. The molecule has 0 unspecified atom stereocenters. The van der Waals surface area contributed by atoms with E-state index in [1.165, 1.54) is 17.3 Å². The number of rotatable bonds is 9. The Bertz CT molecular complexity index is 989. The number of nitrogens with zero attached hydrogens (tertiary/aromatic N) is 3. The van der Waals surface area contributed by atoms with Gasteiger partial charge in [0.25, 0.3) is 0 Å². The predicted octanol–water partition coefficient (Wildman–Crippen LogP) is 3.86. The van der Waals surface area contributed by atoms with Gasteiger partial charge < -0.3 is 10.6 Å². The second-order valence-corrected chi connectivity index (χ2v) is 8.00. The van der Waals surface area contributed by atoms with Crippen molar-refractivity contribution in [3.63, 3.8) is 0 Å². The van der Waals surface area contributed by atoms with E-state index < -0.39 is 0 Å². The molecule has 0 spiro atoms. The fourth-order valence-corrected chi connectivity index (χ4v) is 3.50. The molecule has 2 amide bonds. The Hall–Kier alpha value is -2.84. The largest absolute Gasteiger partial charge is 0.355 e. The molecule has 1 aromatic heterocycles. The Kier molecular flexibility index (Phi) is 7.87. The summed E-state index contributed by atoms with van der Waals surface area (Å²) in [6, 6.07) is 14.9. The van der Waals surface area contributed by atoms with E-state index in [0.717, 1.165) is 5.69 Å². The van der Waals surface area contributed by atoms with Crippen LogP contribution in [0.15, 0.2) is 60.0 Å². The topological polar surface area (TPSA) is 88.9 Å². The van der Waals surface area contributed by atoms with Crippen molar-refractivity contribution in [2.75, 3.05) is 17.6 Å². The van der Waals surface area contributed by atoms with Gasteiger partial charge >= 0.3 is 0 Å². The average molecular weight is 444 g/mol. The van der Waals surface area contributed by atoms with Crippen LogP contribution in [0, 0.1) is 6.92 Å². The molecule has 0 saturated heterocycles. The Balaban J connectivity index is 1.36. The van der Waals surface area contributed by atoms with Gasteiger partial charge in [0.2, 0.25) is 11.8 Å². The van der Waals surface area contributed by atoms with E-state index in [9.17, 15) is 9.59 Å². The summed E-state index contributed by atoms with van der Waals surface area (Å²) in [5.74, 6) is 0.00495. The van der Waals surface area contributed by atoms with Gasteiger partial charge in [0.15, 0.2) is 5.16 Å². The minimum Gasteiger partial charge on any atom is -0.355 e. The Morgan fingerprint density at radius 3 is 2.53 bits per heavy atom. The van der Waals surface area contributed by atoms with Gasteiger partial charge in [-0.15, -0.1) is 10.2 Å². The number of hydrogen-bond acceptors (Lipinski definition) is 5. The summed E-state index contributed by atoms with van der Waals surface area (Å²) in [6.45, 7) is 2.45. The SMILES string of the molecule is Cc1ccc(-n2cnnc2SCC(=O)NCCCC(=O)Nc2ccc(Cl)cc2)cc1. The maximum absolute atomic E-state index is 12.1. The van der Waals surface area contributed by atoms with E-state index in [0.29, 0.717) is 35.3 Å². The lowest BCUT2D eigenvalue weighted by molar-refractivity contribution is -0.119. The number of aryl methyl sites for hydroxylation is 1. The Morgan fingerprint density at radius 1 is 1.07 bits per heavy atom. The third-order valence-corrected chi connectivity index (χ3v) is 5.39. The Labute approximate surface area is 184 Å². The monoisotopic (exact) mass is 443 g/mol. The summed E-state index contributed by atoms with van der Waals surface area (Å²) >= 11 is 7.14. The molecule has 9 heteroatoms. The molecule has 7 nitrogen and oxygen atoms in total. The Morgan fingerprint density at radius 2 is 1.80 bits per heavy atom. The van der Waals surface area contributed by atoms with Gasteiger partial charge in [-0.05, 0) is 49.7 Å². The molecule has 3 aromatic rings. The fourth-order valence-electron chi connectivity index (χ4n) is 2.62. The number of carbonyl (C=O) groups is 2. The van der Waals surface area contributed by atoms with Crippen LogP contribution in [0.2, 0.25) is 5.02 Å². The van der Waals surface area contributed by atoms with Gasteiger partial charge in [-0.1, -0.05) is 41.1 Å². The minimum absolute atomic E-state index is 0.104.